The SMILES string of the molecule is O=C1OCC(Cc2ccccc2)N1C(=O)[C@H]1CC12CCOCC2. The molecule has 0 bridgehead atoms. The smallest absolute Gasteiger partial charge is 0.416 e. The molecule has 1 saturated carbocycles. The Bertz CT molecular complexity index is 609. The number of imide groups is 1. The average molecular weight is 315 g/mol. The van der Waals surface area contributed by atoms with Crippen LogP contribution >= 0.6 is 0 Å². The molecule has 5 nitrogen and oxygen atoms in total. The van der Waals surface area contributed by atoms with Crippen molar-refractivity contribution in [3.63, 3.8) is 0 Å². The molecule has 3 aliphatic rings. The van der Waals surface area contributed by atoms with Crippen molar-refractivity contribution in [3.8, 4) is 0 Å². The number of benzene rings is 1. The van der Waals surface area contributed by atoms with E-state index in [1.807, 2.05) is 30.3 Å². The van der Waals surface area contributed by atoms with Crippen LogP contribution in [0.2, 0.25) is 0 Å². The van der Waals surface area contributed by atoms with Crippen molar-refractivity contribution in [2.24, 2.45) is 11.3 Å². The minimum absolute atomic E-state index is 0.0321. The molecule has 23 heavy (non-hydrogen) atoms. The topological polar surface area (TPSA) is 55.8 Å². The highest BCUT2D eigenvalue weighted by Gasteiger charge is 2.60. The maximum atomic E-state index is 12.9. The quantitative estimate of drug-likeness (QED) is 0.859. The van der Waals surface area contributed by atoms with Crippen LogP contribution in [0.3, 0.4) is 0 Å². The maximum Gasteiger partial charge on any atom is 0.416 e. The van der Waals surface area contributed by atoms with Gasteiger partial charge < -0.3 is 9.47 Å². The Morgan fingerprint density at radius 3 is 2.70 bits per heavy atom. The van der Waals surface area contributed by atoms with Gasteiger partial charge in [-0.25, -0.2) is 9.69 Å². The zero-order valence-electron chi connectivity index (χ0n) is 13.1. The van der Waals surface area contributed by atoms with Gasteiger partial charge in [-0.05, 0) is 36.7 Å². The lowest BCUT2D eigenvalue weighted by molar-refractivity contribution is -0.131. The van der Waals surface area contributed by atoms with Gasteiger partial charge in [0.15, 0.2) is 0 Å². The molecule has 2 heterocycles. The molecule has 0 radical (unpaired) electrons. The second kappa shape index (κ2) is 5.64. The molecule has 2 atom stereocenters. The van der Waals surface area contributed by atoms with Gasteiger partial charge in [-0.3, -0.25) is 4.79 Å². The molecule has 3 fully saturated rings. The summed E-state index contributed by atoms with van der Waals surface area (Å²) in [6.45, 7) is 1.74. The molecule has 1 aromatic carbocycles. The van der Waals surface area contributed by atoms with Gasteiger partial charge in [-0.2, -0.15) is 0 Å². The highest BCUT2D eigenvalue weighted by atomic mass is 16.6. The maximum absolute atomic E-state index is 12.9. The summed E-state index contributed by atoms with van der Waals surface area (Å²) >= 11 is 0. The lowest BCUT2D eigenvalue weighted by atomic mass is 9.93. The summed E-state index contributed by atoms with van der Waals surface area (Å²) in [7, 11) is 0. The summed E-state index contributed by atoms with van der Waals surface area (Å²) in [5.41, 5.74) is 1.19. The molecule has 122 valence electrons. The van der Waals surface area contributed by atoms with Crippen molar-refractivity contribution in [1.82, 2.24) is 4.90 Å². The first-order valence-electron chi connectivity index (χ1n) is 8.31. The molecule has 5 heteroatoms. The van der Waals surface area contributed by atoms with Gasteiger partial charge in [0.2, 0.25) is 5.91 Å². The van der Waals surface area contributed by atoms with Crippen molar-refractivity contribution >= 4 is 12.0 Å². The van der Waals surface area contributed by atoms with Gasteiger partial charge >= 0.3 is 6.09 Å². The number of cyclic esters (lactones) is 1. The third-order valence-electron chi connectivity index (χ3n) is 5.49. The lowest BCUT2D eigenvalue weighted by Crippen LogP contribution is -2.42. The van der Waals surface area contributed by atoms with Gasteiger partial charge in [0.05, 0.1) is 6.04 Å². The van der Waals surface area contributed by atoms with E-state index >= 15 is 0 Å². The summed E-state index contributed by atoms with van der Waals surface area (Å²) in [6.07, 6.45) is 2.91. The molecular formula is C18H21NO4. The Morgan fingerprint density at radius 2 is 1.96 bits per heavy atom. The summed E-state index contributed by atoms with van der Waals surface area (Å²) in [4.78, 5) is 26.3. The van der Waals surface area contributed by atoms with Crippen LogP contribution in [0.1, 0.15) is 24.8 Å². The minimum atomic E-state index is -0.481. The number of hydrogen-bond donors (Lipinski definition) is 0. The molecule has 1 aromatic rings. The second-order valence-corrected chi connectivity index (χ2v) is 6.86. The molecule has 2 saturated heterocycles. The van der Waals surface area contributed by atoms with Crippen molar-refractivity contribution in [2.45, 2.75) is 31.7 Å². The van der Waals surface area contributed by atoms with E-state index in [1.165, 1.54) is 4.90 Å². The predicted molar refractivity (Wildman–Crippen MR) is 82.7 cm³/mol. The Hall–Kier alpha value is -1.88. The summed E-state index contributed by atoms with van der Waals surface area (Å²) in [5, 5.41) is 0. The third kappa shape index (κ3) is 2.63. The van der Waals surface area contributed by atoms with Crippen LogP contribution in [-0.4, -0.2) is 42.8 Å². The fourth-order valence-electron chi connectivity index (χ4n) is 3.96. The Balaban J connectivity index is 1.47. The fraction of sp³-hybridized carbons (Fsp3) is 0.556. The van der Waals surface area contributed by atoms with Crippen molar-refractivity contribution < 1.29 is 19.1 Å². The van der Waals surface area contributed by atoms with E-state index in [2.05, 4.69) is 0 Å². The van der Waals surface area contributed by atoms with E-state index in [-0.39, 0.29) is 23.3 Å². The van der Waals surface area contributed by atoms with Crippen LogP contribution in [0.15, 0.2) is 30.3 Å². The summed E-state index contributed by atoms with van der Waals surface area (Å²) in [6, 6.07) is 9.75. The molecule has 1 spiro atoms. The van der Waals surface area contributed by atoms with Gasteiger partial charge in [0.1, 0.15) is 6.61 Å². The van der Waals surface area contributed by atoms with E-state index in [0.717, 1.165) is 38.0 Å². The number of amides is 2. The fourth-order valence-corrected chi connectivity index (χ4v) is 3.96. The largest absolute Gasteiger partial charge is 0.447 e. The van der Waals surface area contributed by atoms with Gasteiger partial charge in [0.25, 0.3) is 0 Å². The zero-order valence-corrected chi connectivity index (χ0v) is 13.1. The molecule has 1 unspecified atom stereocenters. The first-order chi connectivity index (χ1) is 11.2. The molecule has 2 amide bonds. The number of ether oxygens (including phenoxy) is 2. The van der Waals surface area contributed by atoms with Crippen molar-refractivity contribution in [3.05, 3.63) is 35.9 Å². The van der Waals surface area contributed by atoms with Gasteiger partial charge in [-0.1, -0.05) is 30.3 Å². The van der Waals surface area contributed by atoms with Crippen LogP contribution in [0.5, 0.6) is 0 Å². The van der Waals surface area contributed by atoms with Crippen LogP contribution in [0.25, 0.3) is 0 Å². The minimum Gasteiger partial charge on any atom is -0.447 e. The number of hydrogen-bond acceptors (Lipinski definition) is 4. The highest BCUT2D eigenvalue weighted by molar-refractivity contribution is 5.96. The van der Waals surface area contributed by atoms with Gasteiger partial charge in [-0.15, -0.1) is 0 Å². The number of carbonyl (C=O) groups is 2. The molecule has 1 aliphatic carbocycles. The average Bonchev–Trinajstić information content (AvgIpc) is 3.14. The predicted octanol–water partition coefficient (Wildman–Crippen LogP) is 2.39. The Kier molecular flexibility index (Phi) is 3.60. The lowest BCUT2D eigenvalue weighted by Gasteiger charge is -2.25. The Morgan fingerprint density at radius 1 is 1.22 bits per heavy atom. The zero-order chi connectivity index (χ0) is 15.9. The van der Waals surface area contributed by atoms with Crippen LogP contribution in [0.4, 0.5) is 4.79 Å². The van der Waals surface area contributed by atoms with Crippen LogP contribution in [0, 0.1) is 11.3 Å². The van der Waals surface area contributed by atoms with E-state index in [0.29, 0.717) is 13.0 Å². The van der Waals surface area contributed by atoms with Crippen molar-refractivity contribution in [1.29, 1.82) is 0 Å². The normalized spacial score (nSPS) is 28.7. The number of rotatable bonds is 3. The molecule has 0 aromatic heterocycles. The molecular weight excluding hydrogens is 294 g/mol. The monoisotopic (exact) mass is 315 g/mol. The Labute approximate surface area is 135 Å². The first kappa shape index (κ1) is 14.7. The van der Waals surface area contributed by atoms with Crippen LogP contribution in [-0.2, 0) is 20.7 Å². The number of nitrogens with zero attached hydrogens (tertiary/aromatic N) is 1. The van der Waals surface area contributed by atoms with Crippen molar-refractivity contribution in [2.75, 3.05) is 19.8 Å². The first-order valence-corrected chi connectivity index (χ1v) is 8.31. The molecule has 4 rings (SSSR count). The van der Waals surface area contributed by atoms with Gasteiger partial charge in [0, 0.05) is 19.1 Å². The second-order valence-electron chi connectivity index (χ2n) is 6.86. The molecule has 0 N–H and O–H groups in total. The van der Waals surface area contributed by atoms with E-state index in [4.69, 9.17) is 9.47 Å². The number of carbonyl (C=O) groups excluding carboxylic acids is 2. The standard InChI is InChI=1S/C18H21NO4/c20-16(15-11-18(15)6-8-22-9-7-18)19-14(12-23-17(19)21)10-13-4-2-1-3-5-13/h1-5,14-15H,6-12H2/t14?,15-/m1/s1. The van der Waals surface area contributed by atoms with E-state index in [9.17, 15) is 9.59 Å². The van der Waals surface area contributed by atoms with Crippen LogP contribution < -0.4 is 0 Å². The van der Waals surface area contributed by atoms with E-state index < -0.39 is 6.09 Å². The highest BCUT2D eigenvalue weighted by Crippen LogP contribution is 2.60. The molecule has 2 aliphatic heterocycles. The third-order valence-corrected chi connectivity index (χ3v) is 5.49. The summed E-state index contributed by atoms with van der Waals surface area (Å²) in [5.74, 6) is -0.0781. The summed E-state index contributed by atoms with van der Waals surface area (Å²) < 4.78 is 10.6. The van der Waals surface area contributed by atoms with E-state index in [1.54, 1.807) is 0 Å².